The largest absolute Gasteiger partial charge is 0.483 e. The highest BCUT2D eigenvalue weighted by molar-refractivity contribution is 7.97. The minimum absolute atomic E-state index is 0.0598. The predicted molar refractivity (Wildman–Crippen MR) is 130 cm³/mol. The molecule has 1 atom stereocenters. The van der Waals surface area contributed by atoms with Crippen molar-refractivity contribution in [1.82, 2.24) is 14.3 Å². The first kappa shape index (κ1) is 27.5. The third-order valence-corrected chi connectivity index (χ3v) is 6.60. The number of amidine groups is 1. The number of aliphatic hydroxyl groups excluding tert-OH is 1. The van der Waals surface area contributed by atoms with Crippen LogP contribution in [0.5, 0.6) is 5.75 Å². The lowest BCUT2D eigenvalue weighted by Crippen LogP contribution is -2.47. The monoisotopic (exact) mass is 527 g/mol. The summed E-state index contributed by atoms with van der Waals surface area (Å²) in [5, 5.41) is 16.7. The molecule has 0 radical (unpaired) electrons. The van der Waals surface area contributed by atoms with E-state index < -0.39 is 24.7 Å². The van der Waals surface area contributed by atoms with Crippen LogP contribution >= 0.6 is 11.9 Å². The van der Waals surface area contributed by atoms with E-state index in [-0.39, 0.29) is 41.3 Å². The molecule has 1 unspecified atom stereocenters. The smallest absolute Gasteiger partial charge is 0.422 e. The highest BCUT2D eigenvalue weighted by Gasteiger charge is 2.31. The molecule has 1 aliphatic rings. The Balaban J connectivity index is 1.90. The summed E-state index contributed by atoms with van der Waals surface area (Å²) in [7, 11) is 0. The number of alkyl halides is 3. The van der Waals surface area contributed by atoms with E-state index in [9.17, 15) is 23.1 Å². The summed E-state index contributed by atoms with van der Waals surface area (Å²) in [6.45, 7) is 4.34. The first-order chi connectivity index (χ1) is 16.9. The molecule has 0 spiro atoms. The molecule has 1 amide bonds. The number of hydrogen-bond donors (Lipinski definition) is 4. The standard InChI is InChI=1S/C22H28F3N7O3S/c1-12(2)31-9-14-7-17(35-11-22(23,24)25)15(8-18(14)36-31)21(34)29-19-6-4-5-16(28-19)20(30-26)32(27)13(3)10-33/h4-8,12-13,33H,9-11,26-27H2,1-3H3,(H,28,29,34)/b30-20-. The molecule has 2 aromatic rings. The van der Waals surface area contributed by atoms with E-state index in [1.165, 1.54) is 30.1 Å². The number of halogens is 3. The van der Waals surface area contributed by atoms with E-state index in [1.807, 2.05) is 18.2 Å². The van der Waals surface area contributed by atoms with Crippen LogP contribution in [0.2, 0.25) is 0 Å². The maximum atomic E-state index is 13.2. The number of benzene rings is 1. The number of anilines is 1. The van der Waals surface area contributed by atoms with Gasteiger partial charge < -0.3 is 21.0 Å². The Hall–Kier alpha value is -3.07. The topological polar surface area (TPSA) is 142 Å². The van der Waals surface area contributed by atoms with Crippen LogP contribution in [-0.2, 0) is 6.54 Å². The predicted octanol–water partition coefficient (Wildman–Crippen LogP) is 2.68. The van der Waals surface area contributed by atoms with Gasteiger partial charge in [0.15, 0.2) is 12.4 Å². The Morgan fingerprint density at radius 3 is 2.69 bits per heavy atom. The number of carbonyl (C=O) groups excluding carboxylic acids is 1. The number of nitrogens with zero attached hydrogens (tertiary/aromatic N) is 4. The van der Waals surface area contributed by atoms with Crippen LogP contribution in [-0.4, -0.2) is 62.6 Å². The van der Waals surface area contributed by atoms with Crippen molar-refractivity contribution in [3.05, 3.63) is 47.2 Å². The molecule has 1 aromatic heterocycles. The second-order valence-electron chi connectivity index (χ2n) is 8.37. The fraction of sp³-hybridized carbons (Fsp3) is 0.409. The molecule has 196 valence electrons. The third-order valence-electron chi connectivity index (χ3n) is 5.24. The van der Waals surface area contributed by atoms with Gasteiger partial charge in [0.05, 0.1) is 18.2 Å². The number of hydrazine groups is 1. The highest BCUT2D eigenvalue weighted by atomic mass is 32.2. The fourth-order valence-corrected chi connectivity index (χ4v) is 4.33. The summed E-state index contributed by atoms with van der Waals surface area (Å²) >= 11 is 1.42. The Morgan fingerprint density at radius 2 is 2.08 bits per heavy atom. The maximum absolute atomic E-state index is 13.2. The van der Waals surface area contributed by atoms with Gasteiger partial charge in [-0.15, -0.1) is 0 Å². The molecule has 10 nitrogen and oxygen atoms in total. The van der Waals surface area contributed by atoms with Gasteiger partial charge in [0.1, 0.15) is 17.3 Å². The van der Waals surface area contributed by atoms with Gasteiger partial charge in [-0.25, -0.2) is 15.1 Å². The number of nitrogens with two attached hydrogens (primary N) is 2. The number of pyridine rings is 1. The summed E-state index contributed by atoms with van der Waals surface area (Å²) < 4.78 is 45.7. The summed E-state index contributed by atoms with van der Waals surface area (Å²) in [5.41, 5.74) is 0.918. The zero-order valence-electron chi connectivity index (χ0n) is 19.9. The number of amides is 1. The van der Waals surface area contributed by atoms with Crippen LogP contribution in [0.3, 0.4) is 0 Å². The van der Waals surface area contributed by atoms with Gasteiger partial charge in [-0.05, 0) is 62.5 Å². The molecule has 0 saturated heterocycles. The second kappa shape index (κ2) is 11.3. The normalized spacial score (nSPS) is 15.1. The minimum Gasteiger partial charge on any atom is -0.483 e. The van der Waals surface area contributed by atoms with Gasteiger partial charge in [-0.3, -0.25) is 9.80 Å². The molecule has 1 aliphatic heterocycles. The molecule has 0 aliphatic carbocycles. The number of fused-ring (bicyclic) bond motifs is 1. The van der Waals surface area contributed by atoms with Crippen molar-refractivity contribution in [2.24, 2.45) is 16.8 Å². The number of ether oxygens (including phenoxy) is 1. The van der Waals surface area contributed by atoms with Gasteiger partial charge in [0.25, 0.3) is 5.91 Å². The van der Waals surface area contributed by atoms with Crippen LogP contribution in [0.15, 0.2) is 40.3 Å². The molecule has 3 rings (SSSR count). The second-order valence-corrected chi connectivity index (χ2v) is 9.47. The molecule has 6 N–H and O–H groups in total. The number of carbonyl (C=O) groups is 1. The van der Waals surface area contributed by atoms with Crippen LogP contribution in [0.1, 0.15) is 42.4 Å². The van der Waals surface area contributed by atoms with Gasteiger partial charge >= 0.3 is 6.18 Å². The average molecular weight is 528 g/mol. The van der Waals surface area contributed by atoms with Crippen molar-refractivity contribution in [1.29, 1.82) is 0 Å². The van der Waals surface area contributed by atoms with Gasteiger partial charge in [-0.2, -0.15) is 18.3 Å². The molecule has 14 heteroatoms. The van der Waals surface area contributed by atoms with Crippen LogP contribution < -0.4 is 21.7 Å². The molecule has 36 heavy (non-hydrogen) atoms. The fourth-order valence-electron chi connectivity index (χ4n) is 3.26. The van der Waals surface area contributed by atoms with E-state index in [0.29, 0.717) is 6.54 Å². The van der Waals surface area contributed by atoms with Crippen molar-refractivity contribution in [3.8, 4) is 5.75 Å². The number of hydrazone groups is 1. The van der Waals surface area contributed by atoms with Crippen molar-refractivity contribution < 1.29 is 27.8 Å². The molecule has 0 saturated carbocycles. The first-order valence-electron chi connectivity index (χ1n) is 11.0. The van der Waals surface area contributed by atoms with Gasteiger partial charge in [0.2, 0.25) is 0 Å². The van der Waals surface area contributed by atoms with Crippen LogP contribution in [0.4, 0.5) is 19.0 Å². The first-order valence-corrected chi connectivity index (χ1v) is 11.7. The van der Waals surface area contributed by atoms with E-state index in [1.54, 1.807) is 19.1 Å². The van der Waals surface area contributed by atoms with E-state index in [2.05, 4.69) is 15.4 Å². The highest BCUT2D eigenvalue weighted by Crippen LogP contribution is 2.41. The Kier molecular flexibility index (Phi) is 8.66. The Labute approximate surface area is 210 Å². The number of rotatable bonds is 8. The molecule has 0 bridgehead atoms. The SMILES string of the molecule is CC(C)N1Cc2cc(OCC(F)(F)F)c(C(=O)Nc3cccc(/C(=N/N)N(N)C(C)CO)n3)cc2S1. The molecule has 0 fully saturated rings. The average Bonchev–Trinajstić information content (AvgIpc) is 3.25. The summed E-state index contributed by atoms with van der Waals surface area (Å²) in [6, 6.07) is 7.26. The van der Waals surface area contributed by atoms with Crippen LogP contribution in [0, 0.1) is 0 Å². The number of aromatic nitrogens is 1. The van der Waals surface area contributed by atoms with Gasteiger partial charge in [-0.1, -0.05) is 6.07 Å². The summed E-state index contributed by atoms with van der Waals surface area (Å²) in [4.78, 5) is 18.2. The number of hydrogen-bond acceptors (Lipinski definition) is 9. The Morgan fingerprint density at radius 1 is 1.36 bits per heavy atom. The lowest BCUT2D eigenvalue weighted by atomic mass is 10.1. The number of nitrogens with one attached hydrogen (secondary N) is 1. The lowest BCUT2D eigenvalue weighted by molar-refractivity contribution is -0.153. The quantitative estimate of drug-likeness (QED) is 0.134. The van der Waals surface area contributed by atoms with Crippen LogP contribution in [0.25, 0.3) is 0 Å². The maximum Gasteiger partial charge on any atom is 0.422 e. The van der Waals surface area contributed by atoms with Crippen molar-refractivity contribution in [3.63, 3.8) is 0 Å². The van der Waals surface area contributed by atoms with Crippen molar-refractivity contribution in [2.75, 3.05) is 18.5 Å². The molecular formula is C22H28F3N7O3S. The van der Waals surface area contributed by atoms with E-state index >= 15 is 0 Å². The molecule has 2 heterocycles. The zero-order chi connectivity index (χ0) is 26.6. The van der Waals surface area contributed by atoms with E-state index in [4.69, 9.17) is 16.4 Å². The summed E-state index contributed by atoms with van der Waals surface area (Å²) in [6.07, 6.45) is -4.57. The lowest BCUT2D eigenvalue weighted by Gasteiger charge is -2.25. The molecular weight excluding hydrogens is 499 g/mol. The van der Waals surface area contributed by atoms with Crippen molar-refractivity contribution in [2.45, 2.75) is 50.5 Å². The van der Waals surface area contributed by atoms with Gasteiger partial charge in [0, 0.05) is 17.5 Å². The number of aliphatic hydroxyl groups is 1. The minimum atomic E-state index is -4.57. The Bertz CT molecular complexity index is 1130. The van der Waals surface area contributed by atoms with E-state index in [0.717, 1.165) is 15.5 Å². The third kappa shape index (κ3) is 6.57. The zero-order valence-corrected chi connectivity index (χ0v) is 20.7. The molecule has 1 aromatic carbocycles. The summed E-state index contributed by atoms with van der Waals surface area (Å²) in [5.74, 6) is 10.7. The van der Waals surface area contributed by atoms with Crippen molar-refractivity contribution >= 4 is 29.5 Å².